The van der Waals surface area contributed by atoms with Gasteiger partial charge in [-0.25, -0.2) is 4.98 Å². The van der Waals surface area contributed by atoms with Crippen molar-refractivity contribution in [3.05, 3.63) is 76.5 Å². The molecule has 9 heteroatoms. The molecule has 152 valence electrons. The number of hydrogen-bond acceptors (Lipinski definition) is 6. The Kier molecular flexibility index (Phi) is 5.62. The van der Waals surface area contributed by atoms with Crippen molar-refractivity contribution in [2.45, 2.75) is 18.6 Å². The number of anilines is 1. The Morgan fingerprint density at radius 3 is 2.77 bits per heavy atom. The predicted molar refractivity (Wildman–Crippen MR) is 117 cm³/mol. The SMILES string of the molecule is Cc1cc(NC(=O)CSc2nc3ccccc3c(=O)n2Cc2cccnc2)n(C)n1. The van der Waals surface area contributed by atoms with Crippen molar-refractivity contribution in [1.82, 2.24) is 24.3 Å². The molecule has 8 nitrogen and oxygen atoms in total. The van der Waals surface area contributed by atoms with E-state index in [4.69, 9.17) is 0 Å². The number of amides is 1. The maximum absolute atomic E-state index is 13.1. The van der Waals surface area contributed by atoms with Crippen molar-refractivity contribution in [3.8, 4) is 0 Å². The predicted octanol–water partition coefficient (Wildman–Crippen LogP) is 2.61. The van der Waals surface area contributed by atoms with Crippen LogP contribution in [-0.4, -0.2) is 36.0 Å². The summed E-state index contributed by atoms with van der Waals surface area (Å²) in [5, 5.41) is 8.09. The van der Waals surface area contributed by atoms with E-state index in [1.165, 1.54) is 11.8 Å². The molecule has 0 atom stereocenters. The lowest BCUT2D eigenvalue weighted by molar-refractivity contribution is -0.113. The molecule has 3 aromatic heterocycles. The van der Waals surface area contributed by atoms with Crippen molar-refractivity contribution in [3.63, 3.8) is 0 Å². The fraction of sp³-hybridized carbons (Fsp3) is 0.190. The van der Waals surface area contributed by atoms with Gasteiger partial charge in [0.15, 0.2) is 5.16 Å². The van der Waals surface area contributed by atoms with Crippen LogP contribution in [0.15, 0.2) is 64.8 Å². The van der Waals surface area contributed by atoms with E-state index in [1.54, 1.807) is 46.9 Å². The smallest absolute Gasteiger partial charge is 0.262 e. The average molecular weight is 420 g/mol. The highest BCUT2D eigenvalue weighted by molar-refractivity contribution is 7.99. The van der Waals surface area contributed by atoms with Crippen molar-refractivity contribution in [2.75, 3.05) is 11.1 Å². The minimum Gasteiger partial charge on any atom is -0.310 e. The molecular weight excluding hydrogens is 400 g/mol. The van der Waals surface area contributed by atoms with Crippen molar-refractivity contribution < 1.29 is 4.79 Å². The van der Waals surface area contributed by atoms with Gasteiger partial charge in [0.25, 0.3) is 5.56 Å². The van der Waals surface area contributed by atoms with Gasteiger partial charge in [-0.05, 0) is 30.7 Å². The van der Waals surface area contributed by atoms with Gasteiger partial charge in [-0.3, -0.25) is 23.8 Å². The first kappa shape index (κ1) is 19.8. The molecule has 0 saturated heterocycles. The second kappa shape index (κ2) is 8.50. The second-order valence-corrected chi connectivity index (χ2v) is 7.74. The summed E-state index contributed by atoms with van der Waals surface area (Å²) in [5.41, 5.74) is 2.17. The van der Waals surface area contributed by atoms with Crippen LogP contribution in [0.4, 0.5) is 5.82 Å². The maximum Gasteiger partial charge on any atom is 0.262 e. The largest absolute Gasteiger partial charge is 0.310 e. The van der Waals surface area contributed by atoms with E-state index in [-0.39, 0.29) is 17.2 Å². The minimum atomic E-state index is -0.196. The van der Waals surface area contributed by atoms with Crippen molar-refractivity contribution in [1.29, 1.82) is 0 Å². The van der Waals surface area contributed by atoms with E-state index in [0.717, 1.165) is 11.3 Å². The lowest BCUT2D eigenvalue weighted by Gasteiger charge is -2.13. The lowest BCUT2D eigenvalue weighted by Crippen LogP contribution is -2.25. The maximum atomic E-state index is 13.1. The number of carbonyl (C=O) groups is 1. The molecule has 30 heavy (non-hydrogen) atoms. The summed E-state index contributed by atoms with van der Waals surface area (Å²) >= 11 is 1.23. The Labute approximate surface area is 177 Å². The van der Waals surface area contributed by atoms with Crippen LogP contribution in [-0.2, 0) is 18.4 Å². The van der Waals surface area contributed by atoms with Crippen LogP contribution in [0.2, 0.25) is 0 Å². The Balaban J connectivity index is 1.61. The summed E-state index contributed by atoms with van der Waals surface area (Å²) in [5.74, 6) is 0.540. The summed E-state index contributed by atoms with van der Waals surface area (Å²) < 4.78 is 3.20. The van der Waals surface area contributed by atoms with Gasteiger partial charge < -0.3 is 5.32 Å². The fourth-order valence-electron chi connectivity index (χ4n) is 3.11. The Morgan fingerprint density at radius 1 is 1.20 bits per heavy atom. The number of thioether (sulfide) groups is 1. The van der Waals surface area contributed by atoms with Crippen LogP contribution >= 0.6 is 11.8 Å². The Bertz CT molecular complexity index is 1270. The van der Waals surface area contributed by atoms with Crippen molar-refractivity contribution in [2.24, 2.45) is 7.05 Å². The number of aromatic nitrogens is 5. The average Bonchev–Trinajstić information content (AvgIpc) is 3.06. The Hall–Kier alpha value is -3.46. The molecule has 3 heterocycles. The molecule has 1 N–H and O–H groups in total. The summed E-state index contributed by atoms with van der Waals surface area (Å²) in [6.07, 6.45) is 3.40. The standard InChI is InChI=1S/C21H20N6O2S/c1-14-10-18(26(2)25-14)24-19(28)13-30-21-23-17-8-4-3-7-16(17)20(29)27(21)12-15-6-5-9-22-11-15/h3-11H,12-13H2,1-2H3,(H,24,28). The Morgan fingerprint density at radius 2 is 2.03 bits per heavy atom. The lowest BCUT2D eigenvalue weighted by atomic mass is 10.2. The molecule has 0 unspecified atom stereocenters. The van der Waals surface area contributed by atoms with E-state index in [2.05, 4.69) is 20.4 Å². The van der Waals surface area contributed by atoms with Crippen LogP contribution in [0.3, 0.4) is 0 Å². The zero-order chi connectivity index (χ0) is 21.1. The van der Waals surface area contributed by atoms with E-state index in [1.807, 2.05) is 31.2 Å². The first-order valence-electron chi connectivity index (χ1n) is 9.33. The molecule has 4 aromatic rings. The molecule has 0 aliphatic heterocycles. The van der Waals surface area contributed by atoms with Gasteiger partial charge in [-0.2, -0.15) is 5.10 Å². The second-order valence-electron chi connectivity index (χ2n) is 6.80. The van der Waals surface area contributed by atoms with Gasteiger partial charge in [-0.15, -0.1) is 0 Å². The van der Waals surface area contributed by atoms with Crippen LogP contribution in [0, 0.1) is 6.92 Å². The van der Waals surface area contributed by atoms with Crippen LogP contribution in [0.5, 0.6) is 0 Å². The third-order valence-electron chi connectivity index (χ3n) is 4.49. The van der Waals surface area contributed by atoms with Crippen LogP contribution in [0.25, 0.3) is 10.9 Å². The number of rotatable bonds is 6. The molecule has 0 saturated carbocycles. The third-order valence-corrected chi connectivity index (χ3v) is 5.47. The van der Waals surface area contributed by atoms with E-state index in [9.17, 15) is 9.59 Å². The van der Waals surface area contributed by atoms with Gasteiger partial charge in [0, 0.05) is 25.5 Å². The van der Waals surface area contributed by atoms with E-state index in [0.29, 0.717) is 28.4 Å². The van der Waals surface area contributed by atoms with E-state index < -0.39 is 0 Å². The number of hydrogen-bond donors (Lipinski definition) is 1. The molecule has 4 rings (SSSR count). The van der Waals surface area contributed by atoms with E-state index >= 15 is 0 Å². The molecule has 0 aliphatic rings. The summed E-state index contributed by atoms with van der Waals surface area (Å²) in [6, 6.07) is 12.7. The van der Waals surface area contributed by atoms with Crippen LogP contribution in [0.1, 0.15) is 11.3 Å². The summed E-state index contributed by atoms with van der Waals surface area (Å²) in [7, 11) is 1.77. The molecule has 0 fully saturated rings. The van der Waals surface area contributed by atoms with Gasteiger partial charge in [0.2, 0.25) is 5.91 Å². The zero-order valence-corrected chi connectivity index (χ0v) is 17.4. The number of aryl methyl sites for hydroxylation is 2. The van der Waals surface area contributed by atoms with Gasteiger partial charge in [0.05, 0.1) is 28.9 Å². The summed E-state index contributed by atoms with van der Waals surface area (Å²) in [4.78, 5) is 34.3. The molecular formula is C21H20N6O2S. The molecule has 0 spiro atoms. The number of fused-ring (bicyclic) bond motifs is 1. The van der Waals surface area contributed by atoms with Gasteiger partial charge >= 0.3 is 0 Å². The third kappa shape index (κ3) is 4.25. The first-order chi connectivity index (χ1) is 14.5. The monoisotopic (exact) mass is 420 g/mol. The number of carbonyl (C=O) groups excluding carboxylic acids is 1. The molecule has 0 bridgehead atoms. The molecule has 0 radical (unpaired) electrons. The highest BCUT2D eigenvalue weighted by Crippen LogP contribution is 2.19. The highest BCUT2D eigenvalue weighted by Gasteiger charge is 2.14. The number of pyridine rings is 1. The van der Waals surface area contributed by atoms with Crippen LogP contribution < -0.4 is 10.9 Å². The van der Waals surface area contributed by atoms with Crippen molar-refractivity contribution >= 4 is 34.4 Å². The molecule has 0 aliphatic carbocycles. The highest BCUT2D eigenvalue weighted by atomic mass is 32.2. The topological polar surface area (TPSA) is 94.7 Å². The minimum absolute atomic E-state index is 0.113. The number of benzene rings is 1. The quantitative estimate of drug-likeness (QED) is 0.381. The van der Waals surface area contributed by atoms with Gasteiger partial charge in [-0.1, -0.05) is 30.0 Å². The molecule has 1 aromatic carbocycles. The number of para-hydroxylation sites is 1. The normalized spacial score (nSPS) is 11.0. The van der Waals surface area contributed by atoms with Gasteiger partial charge in [0.1, 0.15) is 5.82 Å². The number of nitrogens with one attached hydrogen (secondary N) is 1. The number of nitrogens with zero attached hydrogens (tertiary/aromatic N) is 5. The molecule has 1 amide bonds. The fourth-order valence-corrected chi connectivity index (χ4v) is 3.91. The first-order valence-corrected chi connectivity index (χ1v) is 10.3. The summed E-state index contributed by atoms with van der Waals surface area (Å²) in [6.45, 7) is 2.19. The zero-order valence-electron chi connectivity index (χ0n) is 16.6.